The van der Waals surface area contributed by atoms with Crippen molar-refractivity contribution < 1.29 is 4.74 Å². The first-order valence-corrected chi connectivity index (χ1v) is 8.12. The van der Waals surface area contributed by atoms with Gasteiger partial charge < -0.3 is 10.1 Å². The largest absolute Gasteiger partial charge is 0.490 e. The molecule has 0 bridgehead atoms. The molecule has 100 valence electrons. The lowest BCUT2D eigenvalue weighted by Crippen LogP contribution is -2.17. The first-order chi connectivity index (χ1) is 9.28. The molecule has 0 saturated heterocycles. The molecule has 3 rings (SSSR count). The number of hydrogen-bond acceptors (Lipinski definition) is 3. The Hall–Kier alpha value is -0.840. The fourth-order valence-electron chi connectivity index (χ4n) is 2.11. The molecule has 0 spiro atoms. The number of ether oxygens (including phenoxy) is 1. The highest BCUT2D eigenvalue weighted by molar-refractivity contribution is 9.10. The normalized spacial score (nSPS) is 16.3. The summed E-state index contributed by atoms with van der Waals surface area (Å²) in [6.45, 7) is 0. The molecule has 1 unspecified atom stereocenters. The van der Waals surface area contributed by atoms with Crippen LogP contribution in [0.1, 0.15) is 29.3 Å². The molecule has 1 aromatic heterocycles. The van der Waals surface area contributed by atoms with Gasteiger partial charge in [-0.3, -0.25) is 0 Å². The van der Waals surface area contributed by atoms with Gasteiger partial charge in [0.25, 0.3) is 0 Å². The first-order valence-electron chi connectivity index (χ1n) is 6.44. The van der Waals surface area contributed by atoms with Gasteiger partial charge in [-0.2, -0.15) is 0 Å². The van der Waals surface area contributed by atoms with Crippen molar-refractivity contribution in [1.82, 2.24) is 5.32 Å². The van der Waals surface area contributed by atoms with E-state index in [0.717, 1.165) is 10.2 Å². The van der Waals surface area contributed by atoms with Gasteiger partial charge in [-0.1, -0.05) is 12.1 Å². The quantitative estimate of drug-likeness (QED) is 0.875. The minimum absolute atomic E-state index is 0.206. The molecule has 4 heteroatoms. The van der Waals surface area contributed by atoms with Crippen molar-refractivity contribution in [3.8, 4) is 5.75 Å². The number of halogens is 1. The Morgan fingerprint density at radius 2 is 2.21 bits per heavy atom. The van der Waals surface area contributed by atoms with Gasteiger partial charge in [-0.25, -0.2) is 0 Å². The maximum Gasteiger partial charge on any atom is 0.120 e. The van der Waals surface area contributed by atoms with Crippen LogP contribution >= 0.6 is 27.3 Å². The molecule has 1 heterocycles. The predicted molar refractivity (Wildman–Crippen MR) is 83.0 cm³/mol. The van der Waals surface area contributed by atoms with Gasteiger partial charge in [-0.05, 0) is 65.0 Å². The Bertz CT molecular complexity index is 565. The van der Waals surface area contributed by atoms with E-state index in [4.69, 9.17) is 4.74 Å². The Kier molecular flexibility index (Phi) is 3.91. The molecule has 19 heavy (non-hydrogen) atoms. The van der Waals surface area contributed by atoms with E-state index in [1.807, 2.05) is 13.1 Å². The lowest BCUT2D eigenvalue weighted by atomic mass is 10.1. The molecule has 1 aliphatic carbocycles. The average Bonchev–Trinajstić information content (AvgIpc) is 3.13. The van der Waals surface area contributed by atoms with Crippen molar-refractivity contribution in [1.29, 1.82) is 0 Å². The molecule has 0 radical (unpaired) electrons. The first kappa shape index (κ1) is 13.2. The van der Waals surface area contributed by atoms with E-state index < -0.39 is 0 Å². The van der Waals surface area contributed by atoms with Crippen LogP contribution in [-0.2, 0) is 0 Å². The fraction of sp³-hybridized carbons (Fsp3) is 0.333. The van der Waals surface area contributed by atoms with Crippen molar-refractivity contribution >= 4 is 27.3 Å². The van der Waals surface area contributed by atoms with Crippen molar-refractivity contribution in [2.75, 3.05) is 7.05 Å². The molecule has 1 aliphatic rings. The van der Waals surface area contributed by atoms with Gasteiger partial charge in [0, 0.05) is 9.35 Å². The third kappa shape index (κ3) is 3.02. The zero-order valence-electron chi connectivity index (χ0n) is 10.7. The average molecular weight is 338 g/mol. The van der Waals surface area contributed by atoms with Crippen LogP contribution in [0, 0.1) is 0 Å². The van der Waals surface area contributed by atoms with Gasteiger partial charge in [0.05, 0.1) is 12.1 Å². The van der Waals surface area contributed by atoms with Crippen LogP contribution < -0.4 is 10.1 Å². The number of benzene rings is 1. The minimum Gasteiger partial charge on any atom is -0.490 e. The van der Waals surface area contributed by atoms with E-state index in [9.17, 15) is 0 Å². The molecule has 1 N–H and O–H groups in total. The van der Waals surface area contributed by atoms with Gasteiger partial charge >= 0.3 is 0 Å². The second kappa shape index (κ2) is 5.65. The van der Waals surface area contributed by atoms with E-state index in [2.05, 4.69) is 50.9 Å². The van der Waals surface area contributed by atoms with E-state index >= 15 is 0 Å². The van der Waals surface area contributed by atoms with Crippen molar-refractivity contribution in [2.24, 2.45) is 0 Å². The minimum atomic E-state index is 0.206. The maximum absolute atomic E-state index is 5.87. The van der Waals surface area contributed by atoms with E-state index in [-0.39, 0.29) is 6.04 Å². The molecule has 0 aliphatic heterocycles. The Morgan fingerprint density at radius 1 is 1.37 bits per heavy atom. The van der Waals surface area contributed by atoms with Crippen molar-refractivity contribution in [2.45, 2.75) is 25.0 Å². The number of thiophene rings is 1. The van der Waals surface area contributed by atoms with Crippen LogP contribution in [0.4, 0.5) is 0 Å². The summed E-state index contributed by atoms with van der Waals surface area (Å²) < 4.78 is 7.03. The summed E-state index contributed by atoms with van der Waals surface area (Å²) in [5.41, 5.74) is 1.24. The summed E-state index contributed by atoms with van der Waals surface area (Å²) in [6.07, 6.45) is 2.82. The van der Waals surface area contributed by atoms with E-state index in [0.29, 0.717) is 6.10 Å². The standard InChI is InChI=1S/C15H16BrNOS/c1-17-14(15-13(16)7-8-19-15)10-3-2-4-12(9-10)18-11-5-6-11/h2-4,7-9,11,14,17H,5-6H2,1H3. The van der Waals surface area contributed by atoms with Gasteiger partial charge in [0.1, 0.15) is 5.75 Å². The predicted octanol–water partition coefficient (Wildman–Crippen LogP) is 4.36. The lowest BCUT2D eigenvalue weighted by molar-refractivity contribution is 0.302. The highest BCUT2D eigenvalue weighted by atomic mass is 79.9. The summed E-state index contributed by atoms with van der Waals surface area (Å²) in [4.78, 5) is 1.30. The summed E-state index contributed by atoms with van der Waals surface area (Å²) in [6, 6.07) is 10.7. The van der Waals surface area contributed by atoms with E-state index in [1.165, 1.54) is 23.3 Å². The fourth-order valence-corrected chi connectivity index (χ4v) is 3.84. The van der Waals surface area contributed by atoms with Crippen LogP contribution in [0.3, 0.4) is 0 Å². The molecular formula is C15H16BrNOS. The second-order valence-electron chi connectivity index (χ2n) is 4.74. The molecule has 1 aromatic carbocycles. The van der Waals surface area contributed by atoms with Crippen LogP contribution in [0.25, 0.3) is 0 Å². The monoisotopic (exact) mass is 337 g/mol. The zero-order valence-corrected chi connectivity index (χ0v) is 13.1. The molecule has 0 amide bonds. The third-order valence-electron chi connectivity index (χ3n) is 3.21. The van der Waals surface area contributed by atoms with Crippen LogP contribution in [-0.4, -0.2) is 13.2 Å². The summed E-state index contributed by atoms with van der Waals surface area (Å²) in [7, 11) is 1.99. The Balaban J connectivity index is 1.88. The van der Waals surface area contributed by atoms with Gasteiger partial charge in [0.2, 0.25) is 0 Å². The van der Waals surface area contributed by atoms with Crippen LogP contribution in [0.5, 0.6) is 5.75 Å². The summed E-state index contributed by atoms with van der Waals surface area (Å²) >= 11 is 5.37. The van der Waals surface area contributed by atoms with Crippen molar-refractivity contribution in [3.63, 3.8) is 0 Å². The van der Waals surface area contributed by atoms with Gasteiger partial charge in [0.15, 0.2) is 0 Å². The number of hydrogen-bond donors (Lipinski definition) is 1. The smallest absolute Gasteiger partial charge is 0.120 e. The summed E-state index contributed by atoms with van der Waals surface area (Å²) in [5.74, 6) is 0.980. The van der Waals surface area contributed by atoms with Crippen LogP contribution in [0.15, 0.2) is 40.2 Å². The molecular weight excluding hydrogens is 322 g/mol. The highest BCUT2D eigenvalue weighted by Crippen LogP contribution is 2.35. The van der Waals surface area contributed by atoms with Crippen LogP contribution in [0.2, 0.25) is 0 Å². The molecule has 1 fully saturated rings. The number of rotatable bonds is 5. The second-order valence-corrected chi connectivity index (χ2v) is 6.55. The topological polar surface area (TPSA) is 21.3 Å². The SMILES string of the molecule is CNC(c1cccc(OC2CC2)c1)c1sccc1Br. The Labute approximate surface area is 125 Å². The lowest BCUT2D eigenvalue weighted by Gasteiger charge is -2.17. The highest BCUT2D eigenvalue weighted by Gasteiger charge is 2.24. The van der Waals surface area contributed by atoms with E-state index in [1.54, 1.807) is 11.3 Å². The van der Waals surface area contributed by atoms with Gasteiger partial charge in [-0.15, -0.1) is 11.3 Å². The molecule has 1 saturated carbocycles. The summed E-state index contributed by atoms with van der Waals surface area (Å²) in [5, 5.41) is 5.49. The Morgan fingerprint density at radius 3 is 2.84 bits per heavy atom. The maximum atomic E-state index is 5.87. The zero-order chi connectivity index (χ0) is 13.2. The third-order valence-corrected chi connectivity index (χ3v) is 5.15. The number of nitrogens with one attached hydrogen (secondary N) is 1. The molecule has 2 aromatic rings. The van der Waals surface area contributed by atoms with Crippen molar-refractivity contribution in [3.05, 3.63) is 50.6 Å². The molecule has 1 atom stereocenters. The molecule has 2 nitrogen and oxygen atoms in total.